The van der Waals surface area contributed by atoms with E-state index in [0.717, 1.165) is 16.5 Å². The summed E-state index contributed by atoms with van der Waals surface area (Å²) in [6.45, 7) is 2.03. The van der Waals surface area contributed by atoms with Crippen molar-refractivity contribution >= 4 is 10.9 Å². The van der Waals surface area contributed by atoms with E-state index in [-0.39, 0.29) is 5.82 Å². The predicted molar refractivity (Wildman–Crippen MR) is 65.8 cm³/mol. The van der Waals surface area contributed by atoms with Crippen LogP contribution in [-0.4, -0.2) is 9.55 Å². The van der Waals surface area contributed by atoms with Crippen molar-refractivity contribution in [3.05, 3.63) is 60.3 Å². The molecular weight excluding hydrogens is 215 g/mol. The molecule has 3 aromatic rings. The van der Waals surface area contributed by atoms with E-state index in [4.69, 9.17) is 0 Å². The highest BCUT2D eigenvalue weighted by atomic mass is 19.1. The maximum atomic E-state index is 13.7. The molecule has 0 bridgehead atoms. The molecule has 17 heavy (non-hydrogen) atoms. The van der Waals surface area contributed by atoms with Gasteiger partial charge in [0.2, 0.25) is 0 Å². The highest BCUT2D eigenvalue weighted by molar-refractivity contribution is 5.85. The van der Waals surface area contributed by atoms with Gasteiger partial charge in [-0.05, 0) is 24.6 Å². The summed E-state index contributed by atoms with van der Waals surface area (Å²) >= 11 is 0. The molecule has 0 atom stereocenters. The maximum absolute atomic E-state index is 13.7. The number of benzene rings is 1. The van der Waals surface area contributed by atoms with Crippen molar-refractivity contribution in [1.29, 1.82) is 0 Å². The largest absolute Gasteiger partial charge is 0.313 e. The number of halogens is 1. The Morgan fingerprint density at radius 1 is 1.18 bits per heavy atom. The lowest BCUT2D eigenvalue weighted by atomic mass is 10.2. The summed E-state index contributed by atoms with van der Waals surface area (Å²) in [5, 5.41) is 1.14. The van der Waals surface area contributed by atoms with Crippen molar-refractivity contribution in [2.45, 2.75) is 6.92 Å². The molecule has 3 rings (SSSR count). The molecule has 0 spiro atoms. The molecule has 0 aliphatic carbocycles. The van der Waals surface area contributed by atoms with Crippen molar-refractivity contribution in [3.8, 4) is 5.69 Å². The smallest absolute Gasteiger partial charge is 0.165 e. The maximum Gasteiger partial charge on any atom is 0.165 e. The molecule has 0 N–H and O–H groups in total. The lowest BCUT2D eigenvalue weighted by molar-refractivity contribution is 0.613. The zero-order valence-corrected chi connectivity index (χ0v) is 9.39. The SMILES string of the molecule is Cc1cn(-c2ccncc2F)c2ccccc12. The highest BCUT2D eigenvalue weighted by Gasteiger charge is 2.09. The minimum absolute atomic E-state index is 0.312. The summed E-state index contributed by atoms with van der Waals surface area (Å²) in [5.74, 6) is -0.312. The minimum Gasteiger partial charge on any atom is -0.313 e. The summed E-state index contributed by atoms with van der Waals surface area (Å²) < 4.78 is 15.6. The van der Waals surface area contributed by atoms with E-state index in [0.29, 0.717) is 5.69 Å². The fourth-order valence-corrected chi connectivity index (χ4v) is 2.11. The lowest BCUT2D eigenvalue weighted by Crippen LogP contribution is -1.96. The van der Waals surface area contributed by atoms with Crippen LogP contribution in [0.5, 0.6) is 0 Å². The number of hydrogen-bond donors (Lipinski definition) is 0. The third-order valence-corrected chi connectivity index (χ3v) is 2.92. The fraction of sp³-hybridized carbons (Fsp3) is 0.0714. The first-order valence-corrected chi connectivity index (χ1v) is 5.44. The predicted octanol–water partition coefficient (Wildman–Crippen LogP) is 3.47. The molecule has 0 aliphatic heterocycles. The van der Waals surface area contributed by atoms with Crippen LogP contribution in [0.1, 0.15) is 5.56 Å². The van der Waals surface area contributed by atoms with Crippen molar-refractivity contribution in [1.82, 2.24) is 9.55 Å². The molecule has 3 heteroatoms. The number of nitrogens with zero attached hydrogens (tertiary/aromatic N) is 2. The van der Waals surface area contributed by atoms with Crippen LogP contribution in [0.2, 0.25) is 0 Å². The third kappa shape index (κ3) is 1.51. The second-order valence-corrected chi connectivity index (χ2v) is 4.03. The first-order valence-electron chi connectivity index (χ1n) is 5.44. The van der Waals surface area contributed by atoms with Gasteiger partial charge < -0.3 is 4.57 Å². The van der Waals surface area contributed by atoms with Gasteiger partial charge in [-0.1, -0.05) is 18.2 Å². The van der Waals surface area contributed by atoms with Crippen LogP contribution in [0, 0.1) is 12.7 Å². The number of aryl methyl sites for hydroxylation is 1. The van der Waals surface area contributed by atoms with Crippen molar-refractivity contribution in [2.24, 2.45) is 0 Å². The van der Waals surface area contributed by atoms with E-state index < -0.39 is 0 Å². The van der Waals surface area contributed by atoms with Crippen LogP contribution in [0.4, 0.5) is 4.39 Å². The van der Waals surface area contributed by atoms with Gasteiger partial charge in [0.15, 0.2) is 5.82 Å². The van der Waals surface area contributed by atoms with Crippen LogP contribution in [-0.2, 0) is 0 Å². The molecule has 0 saturated carbocycles. The van der Waals surface area contributed by atoms with Crippen molar-refractivity contribution < 1.29 is 4.39 Å². The number of rotatable bonds is 1. The standard InChI is InChI=1S/C14H11FN2/c1-10-9-17(13-5-3-2-4-11(10)13)14-6-7-16-8-12(14)15/h2-9H,1H3. The average Bonchev–Trinajstić information content (AvgIpc) is 2.68. The topological polar surface area (TPSA) is 17.8 Å². The van der Waals surface area contributed by atoms with Crippen LogP contribution < -0.4 is 0 Å². The summed E-state index contributed by atoms with van der Waals surface area (Å²) in [5.41, 5.74) is 2.68. The monoisotopic (exact) mass is 226 g/mol. The van der Waals surface area contributed by atoms with Gasteiger partial charge in [-0.15, -0.1) is 0 Å². The Morgan fingerprint density at radius 2 is 2.00 bits per heavy atom. The molecule has 0 radical (unpaired) electrons. The Balaban J connectivity index is 2.35. The normalized spacial score (nSPS) is 10.9. The minimum atomic E-state index is -0.312. The first-order chi connectivity index (χ1) is 8.27. The van der Waals surface area contributed by atoms with Crippen LogP contribution in [0.3, 0.4) is 0 Å². The van der Waals surface area contributed by atoms with E-state index >= 15 is 0 Å². The van der Waals surface area contributed by atoms with Gasteiger partial charge in [-0.2, -0.15) is 0 Å². The van der Waals surface area contributed by atoms with E-state index in [1.54, 1.807) is 12.3 Å². The van der Waals surface area contributed by atoms with E-state index in [2.05, 4.69) is 4.98 Å². The second-order valence-electron chi connectivity index (χ2n) is 4.03. The third-order valence-electron chi connectivity index (χ3n) is 2.92. The molecule has 0 amide bonds. The zero-order valence-electron chi connectivity index (χ0n) is 9.39. The molecule has 0 fully saturated rings. The molecule has 0 aliphatic rings. The number of pyridine rings is 1. The summed E-state index contributed by atoms with van der Waals surface area (Å²) in [6, 6.07) is 9.66. The Kier molecular flexibility index (Phi) is 2.18. The average molecular weight is 226 g/mol. The lowest BCUT2D eigenvalue weighted by Gasteiger charge is -2.05. The Morgan fingerprint density at radius 3 is 2.82 bits per heavy atom. The summed E-state index contributed by atoms with van der Waals surface area (Å²) in [4.78, 5) is 3.77. The van der Waals surface area contributed by atoms with Crippen molar-refractivity contribution in [2.75, 3.05) is 0 Å². The number of aromatic nitrogens is 2. The van der Waals surface area contributed by atoms with Gasteiger partial charge in [0.25, 0.3) is 0 Å². The molecule has 1 aromatic carbocycles. The molecule has 0 unspecified atom stereocenters. The summed E-state index contributed by atoms with van der Waals surface area (Å²) in [7, 11) is 0. The Bertz CT molecular complexity index is 686. The second kappa shape index (κ2) is 3.70. The van der Waals surface area contributed by atoms with Gasteiger partial charge in [0, 0.05) is 17.8 Å². The Labute approximate surface area is 98.3 Å². The molecule has 2 heterocycles. The van der Waals surface area contributed by atoms with Gasteiger partial charge in [0.05, 0.1) is 17.4 Å². The molecule has 84 valence electrons. The molecule has 2 nitrogen and oxygen atoms in total. The van der Waals surface area contributed by atoms with Gasteiger partial charge in [-0.25, -0.2) is 4.39 Å². The van der Waals surface area contributed by atoms with Crippen molar-refractivity contribution in [3.63, 3.8) is 0 Å². The highest BCUT2D eigenvalue weighted by Crippen LogP contribution is 2.24. The number of fused-ring (bicyclic) bond motifs is 1. The molecule has 0 saturated heterocycles. The number of para-hydroxylation sites is 1. The van der Waals surface area contributed by atoms with E-state index in [9.17, 15) is 4.39 Å². The van der Waals surface area contributed by atoms with Crippen LogP contribution in [0.25, 0.3) is 16.6 Å². The zero-order chi connectivity index (χ0) is 11.8. The molecule has 2 aromatic heterocycles. The first kappa shape index (κ1) is 10.0. The summed E-state index contributed by atoms with van der Waals surface area (Å²) in [6.07, 6.45) is 4.78. The van der Waals surface area contributed by atoms with Crippen LogP contribution in [0.15, 0.2) is 48.9 Å². The van der Waals surface area contributed by atoms with Gasteiger partial charge in [0.1, 0.15) is 0 Å². The number of hydrogen-bond acceptors (Lipinski definition) is 1. The fourth-order valence-electron chi connectivity index (χ4n) is 2.11. The van der Waals surface area contributed by atoms with Gasteiger partial charge in [-0.3, -0.25) is 4.98 Å². The van der Waals surface area contributed by atoms with Gasteiger partial charge >= 0.3 is 0 Å². The van der Waals surface area contributed by atoms with E-state index in [1.165, 1.54) is 6.20 Å². The Hall–Kier alpha value is -2.16. The molecular formula is C14H11FN2. The van der Waals surface area contributed by atoms with E-state index in [1.807, 2.05) is 42.0 Å². The quantitative estimate of drug-likeness (QED) is 0.621. The van der Waals surface area contributed by atoms with Crippen LogP contribution >= 0.6 is 0 Å².